The molecule has 2 aliphatic heterocycles. The quantitative estimate of drug-likeness (QED) is 0.549. The summed E-state index contributed by atoms with van der Waals surface area (Å²) in [4.78, 5) is 10.4. The highest BCUT2D eigenvalue weighted by molar-refractivity contribution is 7.89. The molecular formula is C17H20ClN5O4S. The molecule has 9 nitrogen and oxygen atoms in total. The highest BCUT2D eigenvalue weighted by atomic mass is 35.5. The van der Waals surface area contributed by atoms with E-state index >= 15 is 0 Å². The van der Waals surface area contributed by atoms with Gasteiger partial charge in [0, 0.05) is 30.6 Å². The third kappa shape index (κ3) is 3.29. The lowest BCUT2D eigenvalue weighted by Crippen LogP contribution is -2.32. The normalized spacial score (nSPS) is 20.7. The van der Waals surface area contributed by atoms with Crippen LogP contribution in [0.25, 0.3) is 0 Å². The predicted molar refractivity (Wildman–Crippen MR) is 102 cm³/mol. The molecule has 0 N–H and O–H groups in total. The summed E-state index contributed by atoms with van der Waals surface area (Å²) in [5.41, 5.74) is -0.516. The lowest BCUT2D eigenvalue weighted by Gasteiger charge is -2.24. The zero-order valence-corrected chi connectivity index (χ0v) is 16.7. The van der Waals surface area contributed by atoms with Gasteiger partial charge in [-0.05, 0) is 37.8 Å². The van der Waals surface area contributed by atoms with E-state index in [2.05, 4.69) is 10.2 Å². The molecule has 0 amide bonds. The Hall–Kier alpha value is -2.04. The van der Waals surface area contributed by atoms with Crippen molar-refractivity contribution < 1.29 is 13.3 Å². The molecule has 0 spiro atoms. The van der Waals surface area contributed by atoms with Gasteiger partial charge < -0.3 is 4.57 Å². The molecule has 1 fully saturated rings. The number of nitro groups is 1. The molecule has 0 radical (unpaired) electrons. The second-order valence-corrected chi connectivity index (χ2v) is 9.38. The molecule has 1 aromatic heterocycles. The summed E-state index contributed by atoms with van der Waals surface area (Å²) < 4.78 is 30.0. The number of halogens is 1. The fourth-order valence-corrected chi connectivity index (χ4v) is 5.98. The van der Waals surface area contributed by atoms with Crippen LogP contribution < -0.4 is 0 Å². The summed E-state index contributed by atoms with van der Waals surface area (Å²) in [6.07, 6.45) is 5.25. The van der Waals surface area contributed by atoms with E-state index in [9.17, 15) is 18.5 Å². The second kappa shape index (κ2) is 7.41. The third-order valence-electron chi connectivity index (χ3n) is 5.34. The van der Waals surface area contributed by atoms with E-state index in [-0.39, 0.29) is 16.5 Å². The third-order valence-corrected chi connectivity index (χ3v) is 7.53. The molecule has 3 heterocycles. The summed E-state index contributed by atoms with van der Waals surface area (Å²) in [6, 6.07) is 3.16. The minimum Gasteiger partial charge on any atom is -0.314 e. The maximum atomic E-state index is 13.3. The molecule has 1 saturated heterocycles. The topological polar surface area (TPSA) is 111 Å². The van der Waals surface area contributed by atoms with Crippen LogP contribution >= 0.6 is 11.6 Å². The smallest absolute Gasteiger partial charge is 0.290 e. The highest BCUT2D eigenvalue weighted by Crippen LogP contribution is 2.39. The second-order valence-electron chi connectivity index (χ2n) is 7.08. The van der Waals surface area contributed by atoms with E-state index < -0.39 is 26.7 Å². The van der Waals surface area contributed by atoms with Crippen LogP contribution in [0.4, 0.5) is 5.69 Å². The SMILES string of the molecule is O=[N+]([O-])c1cc(Cl)ccc1S(=O)(=O)N1CCCC1c1nnc2n1CCCCC2. The number of aromatic nitrogens is 3. The van der Waals surface area contributed by atoms with Crippen molar-refractivity contribution in [1.29, 1.82) is 0 Å². The molecule has 0 aliphatic carbocycles. The van der Waals surface area contributed by atoms with Gasteiger partial charge in [0.15, 0.2) is 10.7 Å². The average molecular weight is 426 g/mol. The summed E-state index contributed by atoms with van der Waals surface area (Å²) in [7, 11) is -4.09. The summed E-state index contributed by atoms with van der Waals surface area (Å²) in [6.45, 7) is 1.05. The van der Waals surface area contributed by atoms with E-state index in [1.807, 2.05) is 4.57 Å². The highest BCUT2D eigenvalue weighted by Gasteiger charge is 2.42. The first-order valence-electron chi connectivity index (χ1n) is 9.27. The first-order valence-corrected chi connectivity index (χ1v) is 11.1. The summed E-state index contributed by atoms with van der Waals surface area (Å²) in [5, 5.41) is 20.1. The van der Waals surface area contributed by atoms with E-state index in [0.717, 1.165) is 44.1 Å². The van der Waals surface area contributed by atoms with Crippen molar-refractivity contribution >= 4 is 27.3 Å². The van der Waals surface area contributed by atoms with E-state index in [4.69, 9.17) is 11.6 Å². The molecule has 28 heavy (non-hydrogen) atoms. The largest absolute Gasteiger partial charge is 0.314 e. The zero-order chi connectivity index (χ0) is 19.9. The van der Waals surface area contributed by atoms with Gasteiger partial charge in [-0.15, -0.1) is 10.2 Å². The van der Waals surface area contributed by atoms with Gasteiger partial charge in [0.25, 0.3) is 15.7 Å². The molecule has 0 bridgehead atoms. The minimum absolute atomic E-state index is 0.117. The van der Waals surface area contributed by atoms with Gasteiger partial charge in [-0.25, -0.2) is 8.42 Å². The first-order chi connectivity index (χ1) is 13.4. The van der Waals surface area contributed by atoms with Crippen molar-refractivity contribution in [1.82, 2.24) is 19.1 Å². The van der Waals surface area contributed by atoms with Gasteiger partial charge in [0.2, 0.25) is 0 Å². The van der Waals surface area contributed by atoms with Crippen LogP contribution in [0.15, 0.2) is 23.1 Å². The Morgan fingerprint density at radius 3 is 2.75 bits per heavy atom. The molecule has 2 aromatic rings. The van der Waals surface area contributed by atoms with Gasteiger partial charge >= 0.3 is 0 Å². The molecule has 1 atom stereocenters. The van der Waals surface area contributed by atoms with Crippen LogP contribution in [0.1, 0.15) is 49.8 Å². The fraction of sp³-hybridized carbons (Fsp3) is 0.529. The number of sulfonamides is 1. The summed E-state index contributed by atoms with van der Waals surface area (Å²) in [5.74, 6) is 1.52. The Bertz CT molecular complexity index is 1020. The van der Waals surface area contributed by atoms with Crippen molar-refractivity contribution in [3.63, 3.8) is 0 Å². The predicted octanol–water partition coefficient (Wildman–Crippen LogP) is 3.09. The van der Waals surface area contributed by atoms with Crippen molar-refractivity contribution in [3.8, 4) is 0 Å². The number of nitro benzene ring substituents is 1. The van der Waals surface area contributed by atoms with E-state index in [1.165, 1.54) is 16.4 Å². The number of hydrogen-bond acceptors (Lipinski definition) is 6. The summed E-state index contributed by atoms with van der Waals surface area (Å²) >= 11 is 5.84. The van der Waals surface area contributed by atoms with E-state index in [1.54, 1.807) is 0 Å². The molecule has 11 heteroatoms. The number of benzene rings is 1. The van der Waals surface area contributed by atoms with Gasteiger partial charge in [0.1, 0.15) is 5.82 Å². The Balaban J connectivity index is 1.75. The number of nitrogens with zero attached hydrogens (tertiary/aromatic N) is 5. The first kappa shape index (κ1) is 19.3. The minimum atomic E-state index is -4.09. The van der Waals surface area contributed by atoms with Gasteiger partial charge in [-0.1, -0.05) is 18.0 Å². The molecule has 0 saturated carbocycles. The van der Waals surface area contributed by atoms with Crippen molar-refractivity contribution in [2.45, 2.75) is 56.0 Å². The van der Waals surface area contributed by atoms with Gasteiger partial charge in [-0.3, -0.25) is 10.1 Å². The molecule has 1 unspecified atom stereocenters. The fourth-order valence-electron chi connectivity index (χ4n) is 4.02. The Morgan fingerprint density at radius 2 is 1.96 bits per heavy atom. The Kier molecular flexibility index (Phi) is 5.11. The monoisotopic (exact) mass is 425 g/mol. The van der Waals surface area contributed by atoms with E-state index in [0.29, 0.717) is 18.7 Å². The van der Waals surface area contributed by atoms with Gasteiger partial charge in [0.05, 0.1) is 11.0 Å². The zero-order valence-electron chi connectivity index (χ0n) is 15.1. The van der Waals surface area contributed by atoms with Gasteiger partial charge in [-0.2, -0.15) is 4.31 Å². The maximum Gasteiger partial charge on any atom is 0.290 e. The van der Waals surface area contributed by atoms with Crippen LogP contribution in [0.5, 0.6) is 0 Å². The maximum absolute atomic E-state index is 13.3. The average Bonchev–Trinajstić information content (AvgIpc) is 3.23. The Morgan fingerprint density at radius 1 is 1.14 bits per heavy atom. The standard InChI is InChI=1S/C17H20ClN5O4S/c18-12-7-8-15(14(11-12)23(24)25)28(26,27)22-10-4-5-13(22)17-20-19-16-6-2-1-3-9-21(16)17/h7-8,11,13H,1-6,9-10H2. The molecule has 4 rings (SSSR count). The molecule has 1 aromatic carbocycles. The number of aryl methyl sites for hydroxylation is 1. The van der Waals surface area contributed by atoms with Crippen molar-refractivity contribution in [2.75, 3.05) is 6.54 Å². The lowest BCUT2D eigenvalue weighted by atomic mass is 10.2. The van der Waals surface area contributed by atoms with Crippen LogP contribution in [-0.4, -0.2) is 39.0 Å². The Labute approximate surface area is 167 Å². The number of rotatable bonds is 4. The van der Waals surface area contributed by atoms with Crippen LogP contribution in [0, 0.1) is 10.1 Å². The van der Waals surface area contributed by atoms with Crippen molar-refractivity contribution in [2.24, 2.45) is 0 Å². The van der Waals surface area contributed by atoms with Crippen LogP contribution in [0.2, 0.25) is 5.02 Å². The van der Waals surface area contributed by atoms with Crippen molar-refractivity contribution in [3.05, 3.63) is 45.0 Å². The lowest BCUT2D eigenvalue weighted by molar-refractivity contribution is -0.387. The number of fused-ring (bicyclic) bond motifs is 1. The van der Waals surface area contributed by atoms with Crippen LogP contribution in [-0.2, 0) is 23.0 Å². The molecule has 2 aliphatic rings. The molecular weight excluding hydrogens is 406 g/mol. The molecule has 150 valence electrons. The number of hydrogen-bond donors (Lipinski definition) is 0. The van der Waals surface area contributed by atoms with Crippen LogP contribution in [0.3, 0.4) is 0 Å².